The first kappa shape index (κ1) is 22.8. The third kappa shape index (κ3) is 8.16. The predicted octanol–water partition coefficient (Wildman–Crippen LogP) is 7.70. The predicted molar refractivity (Wildman–Crippen MR) is 123 cm³/mol. The van der Waals surface area contributed by atoms with Crippen LogP contribution in [0.4, 0.5) is 0 Å². The standard InChI is InChI=1S/C18H22S.C8H8O2/c1-13(2)15-5-9-17(10-6-15)19-18-11-7-16(8-12-18)14(3)4;1-7(9)10-8-5-3-2-4-6-8/h5-14H,1-4H3;2-6H,1H3. The van der Waals surface area contributed by atoms with Gasteiger partial charge in [-0.25, -0.2) is 0 Å². The second-order valence-electron chi connectivity index (χ2n) is 7.46. The fourth-order valence-corrected chi connectivity index (χ4v) is 3.45. The van der Waals surface area contributed by atoms with Gasteiger partial charge in [0.15, 0.2) is 0 Å². The monoisotopic (exact) mass is 406 g/mol. The number of para-hydroxylation sites is 1. The molecule has 0 aromatic heterocycles. The molecule has 0 fully saturated rings. The SMILES string of the molecule is CC(=O)Oc1ccccc1.CC(C)c1ccc(Sc2ccc(C(C)C)cc2)cc1. The normalized spacial score (nSPS) is 10.4. The third-order valence-corrected chi connectivity index (χ3v) is 5.35. The van der Waals surface area contributed by atoms with Crippen LogP contribution in [0.2, 0.25) is 0 Å². The first-order chi connectivity index (χ1) is 13.8. The van der Waals surface area contributed by atoms with Crippen molar-refractivity contribution in [2.75, 3.05) is 0 Å². The number of benzene rings is 3. The van der Waals surface area contributed by atoms with Gasteiger partial charge in [-0.15, -0.1) is 0 Å². The summed E-state index contributed by atoms with van der Waals surface area (Å²) in [6.07, 6.45) is 0. The Morgan fingerprint density at radius 2 is 1.10 bits per heavy atom. The van der Waals surface area contributed by atoms with E-state index in [0.29, 0.717) is 17.6 Å². The molecule has 0 aliphatic carbocycles. The van der Waals surface area contributed by atoms with Crippen molar-refractivity contribution in [1.82, 2.24) is 0 Å². The lowest BCUT2D eigenvalue weighted by Gasteiger charge is -2.08. The Balaban J connectivity index is 0.000000253. The number of carbonyl (C=O) groups excluding carboxylic acids is 1. The van der Waals surface area contributed by atoms with Gasteiger partial charge in [-0.2, -0.15) is 0 Å². The van der Waals surface area contributed by atoms with Crippen LogP contribution < -0.4 is 4.74 Å². The molecule has 0 heterocycles. The summed E-state index contributed by atoms with van der Waals surface area (Å²) in [4.78, 5) is 13.0. The quantitative estimate of drug-likeness (QED) is 0.321. The molecule has 152 valence electrons. The molecule has 0 bridgehead atoms. The van der Waals surface area contributed by atoms with E-state index in [0.717, 1.165) is 0 Å². The molecule has 0 aliphatic rings. The van der Waals surface area contributed by atoms with Crippen LogP contribution >= 0.6 is 11.8 Å². The van der Waals surface area contributed by atoms with Crippen molar-refractivity contribution in [3.63, 3.8) is 0 Å². The van der Waals surface area contributed by atoms with Gasteiger partial charge < -0.3 is 4.74 Å². The van der Waals surface area contributed by atoms with E-state index >= 15 is 0 Å². The molecular formula is C26H30O2S. The van der Waals surface area contributed by atoms with Crippen molar-refractivity contribution in [2.24, 2.45) is 0 Å². The molecule has 0 spiro atoms. The summed E-state index contributed by atoms with van der Waals surface area (Å²) in [6, 6.07) is 26.8. The van der Waals surface area contributed by atoms with E-state index in [1.807, 2.05) is 30.0 Å². The van der Waals surface area contributed by atoms with Gasteiger partial charge in [0.2, 0.25) is 0 Å². The van der Waals surface area contributed by atoms with Crippen molar-refractivity contribution in [1.29, 1.82) is 0 Å². The molecule has 3 aromatic carbocycles. The number of hydrogen-bond acceptors (Lipinski definition) is 3. The minimum atomic E-state index is -0.286. The zero-order valence-electron chi connectivity index (χ0n) is 17.9. The van der Waals surface area contributed by atoms with E-state index in [1.165, 1.54) is 27.8 Å². The van der Waals surface area contributed by atoms with Crippen LogP contribution in [0.15, 0.2) is 88.7 Å². The Labute approximate surface area is 179 Å². The van der Waals surface area contributed by atoms with Crippen LogP contribution in [0.25, 0.3) is 0 Å². The maximum absolute atomic E-state index is 10.4. The van der Waals surface area contributed by atoms with Crippen LogP contribution in [0.1, 0.15) is 57.6 Å². The van der Waals surface area contributed by atoms with E-state index in [1.54, 1.807) is 12.1 Å². The van der Waals surface area contributed by atoms with Crippen LogP contribution in [-0.2, 0) is 4.79 Å². The van der Waals surface area contributed by atoms with Gasteiger partial charge in [-0.05, 0) is 59.4 Å². The van der Waals surface area contributed by atoms with Crippen molar-refractivity contribution in [3.05, 3.63) is 90.0 Å². The highest BCUT2D eigenvalue weighted by molar-refractivity contribution is 7.99. The molecular weight excluding hydrogens is 376 g/mol. The highest BCUT2D eigenvalue weighted by Crippen LogP contribution is 2.29. The second-order valence-corrected chi connectivity index (χ2v) is 8.60. The van der Waals surface area contributed by atoms with Gasteiger partial charge >= 0.3 is 5.97 Å². The fraction of sp³-hybridized carbons (Fsp3) is 0.269. The highest BCUT2D eigenvalue weighted by Gasteiger charge is 2.02. The minimum Gasteiger partial charge on any atom is -0.427 e. The molecule has 0 amide bonds. The molecule has 3 aromatic rings. The number of rotatable bonds is 5. The topological polar surface area (TPSA) is 26.3 Å². The summed E-state index contributed by atoms with van der Waals surface area (Å²) >= 11 is 1.83. The molecule has 3 heteroatoms. The summed E-state index contributed by atoms with van der Waals surface area (Å²) in [6.45, 7) is 10.3. The van der Waals surface area contributed by atoms with E-state index in [-0.39, 0.29) is 5.97 Å². The Kier molecular flexibility index (Phi) is 9.01. The van der Waals surface area contributed by atoms with Gasteiger partial charge in [-0.3, -0.25) is 4.79 Å². The van der Waals surface area contributed by atoms with Gasteiger partial charge in [0.05, 0.1) is 0 Å². The third-order valence-electron chi connectivity index (χ3n) is 4.33. The number of carbonyl (C=O) groups is 1. The average molecular weight is 407 g/mol. The maximum atomic E-state index is 10.4. The van der Waals surface area contributed by atoms with E-state index in [9.17, 15) is 4.79 Å². The number of hydrogen-bond donors (Lipinski definition) is 0. The van der Waals surface area contributed by atoms with Crippen LogP contribution in [0, 0.1) is 0 Å². The smallest absolute Gasteiger partial charge is 0.308 e. The number of ether oxygens (including phenoxy) is 1. The largest absolute Gasteiger partial charge is 0.427 e. The van der Waals surface area contributed by atoms with E-state index in [4.69, 9.17) is 4.74 Å². The van der Waals surface area contributed by atoms with Crippen molar-refractivity contribution in [2.45, 2.75) is 56.2 Å². The minimum absolute atomic E-state index is 0.286. The van der Waals surface area contributed by atoms with Gasteiger partial charge in [-0.1, -0.05) is 81.9 Å². The summed E-state index contributed by atoms with van der Waals surface area (Å²) in [5.41, 5.74) is 2.80. The summed E-state index contributed by atoms with van der Waals surface area (Å²) < 4.78 is 4.78. The molecule has 2 nitrogen and oxygen atoms in total. The van der Waals surface area contributed by atoms with Crippen molar-refractivity contribution >= 4 is 17.7 Å². The number of esters is 1. The van der Waals surface area contributed by atoms with Gasteiger partial charge in [0, 0.05) is 16.7 Å². The Hall–Kier alpha value is -2.52. The van der Waals surface area contributed by atoms with E-state index in [2.05, 4.69) is 76.2 Å². The maximum Gasteiger partial charge on any atom is 0.308 e. The second kappa shape index (κ2) is 11.5. The van der Waals surface area contributed by atoms with Crippen molar-refractivity contribution < 1.29 is 9.53 Å². The van der Waals surface area contributed by atoms with Gasteiger partial charge in [0.1, 0.15) is 5.75 Å². The van der Waals surface area contributed by atoms with Crippen LogP contribution in [-0.4, -0.2) is 5.97 Å². The Bertz CT molecular complexity index is 817. The lowest BCUT2D eigenvalue weighted by molar-refractivity contribution is -0.131. The lowest BCUT2D eigenvalue weighted by atomic mass is 10.0. The summed E-state index contributed by atoms with van der Waals surface area (Å²) in [5.74, 6) is 1.51. The van der Waals surface area contributed by atoms with Gasteiger partial charge in [0.25, 0.3) is 0 Å². The molecule has 0 saturated heterocycles. The Morgan fingerprint density at radius 3 is 1.45 bits per heavy atom. The van der Waals surface area contributed by atoms with E-state index < -0.39 is 0 Å². The highest BCUT2D eigenvalue weighted by atomic mass is 32.2. The zero-order valence-corrected chi connectivity index (χ0v) is 18.7. The lowest BCUT2D eigenvalue weighted by Crippen LogP contribution is -2.00. The van der Waals surface area contributed by atoms with Crippen molar-refractivity contribution in [3.8, 4) is 5.75 Å². The zero-order chi connectivity index (χ0) is 21.2. The fourth-order valence-electron chi connectivity index (χ4n) is 2.63. The molecule has 29 heavy (non-hydrogen) atoms. The molecule has 3 rings (SSSR count). The average Bonchev–Trinajstić information content (AvgIpc) is 2.69. The van der Waals surface area contributed by atoms with Crippen LogP contribution in [0.5, 0.6) is 5.75 Å². The first-order valence-electron chi connectivity index (χ1n) is 9.96. The molecule has 0 unspecified atom stereocenters. The molecule has 0 N–H and O–H groups in total. The molecule has 0 aliphatic heterocycles. The summed E-state index contributed by atoms with van der Waals surface area (Å²) in [7, 11) is 0. The molecule has 0 atom stereocenters. The molecule has 0 saturated carbocycles. The van der Waals surface area contributed by atoms with Crippen LogP contribution in [0.3, 0.4) is 0 Å². The molecule has 0 radical (unpaired) electrons. The Morgan fingerprint density at radius 1 is 0.690 bits per heavy atom. The summed E-state index contributed by atoms with van der Waals surface area (Å²) in [5, 5.41) is 0. The first-order valence-corrected chi connectivity index (χ1v) is 10.8.